The molecule has 1 aliphatic rings. The van der Waals surface area contributed by atoms with Crippen LogP contribution in [-0.4, -0.2) is 47.2 Å². The van der Waals surface area contributed by atoms with Gasteiger partial charge in [-0.1, -0.05) is 0 Å². The summed E-state index contributed by atoms with van der Waals surface area (Å²) in [6.45, 7) is 1.19. The molecule has 7 heteroatoms. The van der Waals surface area contributed by atoms with Gasteiger partial charge >= 0.3 is 0 Å². The fraction of sp³-hybridized carbons (Fsp3) is 0.412. The average Bonchev–Trinajstić information content (AvgIpc) is 3.17. The van der Waals surface area contributed by atoms with E-state index in [1.54, 1.807) is 12.4 Å². The predicted molar refractivity (Wildman–Crippen MR) is 90.5 cm³/mol. The molecule has 1 aliphatic heterocycles. The summed E-state index contributed by atoms with van der Waals surface area (Å²) >= 11 is 0. The van der Waals surface area contributed by atoms with Gasteiger partial charge in [0.05, 0.1) is 0 Å². The van der Waals surface area contributed by atoms with Crippen molar-refractivity contribution in [2.24, 2.45) is 0 Å². The highest BCUT2D eigenvalue weighted by molar-refractivity contribution is 5.80. The minimum Gasteiger partial charge on any atom is -0.373 e. The maximum absolute atomic E-state index is 12.0. The van der Waals surface area contributed by atoms with Crippen LogP contribution < -0.4 is 10.6 Å². The van der Waals surface area contributed by atoms with E-state index in [1.165, 1.54) is 0 Å². The number of rotatable bonds is 6. The summed E-state index contributed by atoms with van der Waals surface area (Å²) in [6, 6.07) is 5.64. The van der Waals surface area contributed by atoms with Crippen LogP contribution in [0.15, 0.2) is 30.6 Å². The third-order valence-electron chi connectivity index (χ3n) is 3.88. The lowest BCUT2D eigenvalue weighted by Gasteiger charge is -2.11. The average molecular weight is 327 g/mol. The molecular formula is C17H21N5O2. The zero-order valence-corrected chi connectivity index (χ0v) is 13.7. The Morgan fingerprint density at radius 1 is 1.33 bits per heavy atom. The van der Waals surface area contributed by atoms with Gasteiger partial charge in [-0.15, -0.1) is 0 Å². The van der Waals surface area contributed by atoms with Gasteiger partial charge in [0.1, 0.15) is 11.9 Å². The molecule has 2 N–H and O–H groups in total. The quantitative estimate of drug-likeness (QED) is 0.834. The smallest absolute Gasteiger partial charge is 0.249 e. The highest BCUT2D eigenvalue weighted by atomic mass is 16.5. The molecule has 1 atom stereocenters. The van der Waals surface area contributed by atoms with E-state index in [0.717, 1.165) is 29.9 Å². The van der Waals surface area contributed by atoms with Crippen LogP contribution in [0, 0.1) is 0 Å². The zero-order chi connectivity index (χ0) is 16.8. The number of amides is 1. The van der Waals surface area contributed by atoms with Gasteiger partial charge < -0.3 is 15.4 Å². The van der Waals surface area contributed by atoms with E-state index in [9.17, 15) is 4.79 Å². The predicted octanol–water partition coefficient (Wildman–Crippen LogP) is 1.42. The van der Waals surface area contributed by atoms with Gasteiger partial charge in [0, 0.05) is 56.3 Å². The summed E-state index contributed by atoms with van der Waals surface area (Å²) in [5.74, 6) is 1.35. The summed E-state index contributed by atoms with van der Waals surface area (Å²) in [5.41, 5.74) is 1.78. The molecule has 24 heavy (non-hydrogen) atoms. The molecule has 1 saturated heterocycles. The van der Waals surface area contributed by atoms with Crippen LogP contribution in [0.5, 0.6) is 0 Å². The molecule has 3 rings (SSSR count). The molecule has 2 aromatic heterocycles. The molecule has 7 nitrogen and oxygen atoms in total. The van der Waals surface area contributed by atoms with Crippen LogP contribution in [0.2, 0.25) is 0 Å². The van der Waals surface area contributed by atoms with Gasteiger partial charge in [-0.25, -0.2) is 9.97 Å². The topological polar surface area (TPSA) is 89.0 Å². The lowest BCUT2D eigenvalue weighted by atomic mass is 10.2. The Bertz CT molecular complexity index is 687. The number of pyridine rings is 1. The minimum absolute atomic E-state index is 0.0373. The molecule has 3 heterocycles. The fourth-order valence-electron chi connectivity index (χ4n) is 2.60. The molecule has 1 fully saturated rings. The van der Waals surface area contributed by atoms with E-state index in [4.69, 9.17) is 4.74 Å². The summed E-state index contributed by atoms with van der Waals surface area (Å²) in [4.78, 5) is 25.0. The number of nitrogens with one attached hydrogen (secondary N) is 2. The van der Waals surface area contributed by atoms with Crippen molar-refractivity contribution in [3.8, 4) is 11.4 Å². The van der Waals surface area contributed by atoms with Crippen LogP contribution in [0.4, 0.5) is 5.82 Å². The number of hydrogen-bond acceptors (Lipinski definition) is 6. The Morgan fingerprint density at radius 2 is 2.17 bits per heavy atom. The summed E-state index contributed by atoms with van der Waals surface area (Å²) < 4.78 is 5.38. The Labute approximate surface area is 140 Å². The van der Waals surface area contributed by atoms with Crippen LogP contribution >= 0.6 is 0 Å². The van der Waals surface area contributed by atoms with Gasteiger partial charge in [-0.2, -0.15) is 0 Å². The zero-order valence-electron chi connectivity index (χ0n) is 13.7. The van der Waals surface area contributed by atoms with E-state index in [0.29, 0.717) is 25.4 Å². The largest absolute Gasteiger partial charge is 0.373 e. The Morgan fingerprint density at radius 3 is 2.88 bits per heavy atom. The van der Waals surface area contributed by atoms with Crippen molar-refractivity contribution in [2.75, 3.05) is 25.5 Å². The highest BCUT2D eigenvalue weighted by Gasteiger charge is 2.22. The van der Waals surface area contributed by atoms with Crippen molar-refractivity contribution in [3.05, 3.63) is 36.3 Å². The molecule has 0 aromatic carbocycles. The second-order valence-corrected chi connectivity index (χ2v) is 5.60. The standard InChI is InChI=1S/C17H21N5O2/c1-18-15-11-13(6-9-20-17(23)14-3-2-10-24-14)21-16(22-15)12-4-7-19-8-5-12/h4-5,7-8,11,14H,2-3,6,9-10H2,1H3,(H,20,23)(H,18,21,22). The molecule has 2 aromatic rings. The van der Waals surface area contributed by atoms with Crippen LogP contribution in [0.25, 0.3) is 11.4 Å². The van der Waals surface area contributed by atoms with Gasteiger partial charge in [0.2, 0.25) is 5.91 Å². The van der Waals surface area contributed by atoms with Gasteiger partial charge in [-0.05, 0) is 25.0 Å². The second kappa shape index (κ2) is 7.83. The molecule has 1 amide bonds. The maximum atomic E-state index is 12.0. The van der Waals surface area contributed by atoms with Crippen molar-refractivity contribution in [1.82, 2.24) is 20.3 Å². The van der Waals surface area contributed by atoms with Crippen molar-refractivity contribution in [1.29, 1.82) is 0 Å². The molecule has 126 valence electrons. The third kappa shape index (κ3) is 4.05. The van der Waals surface area contributed by atoms with Crippen molar-refractivity contribution >= 4 is 11.7 Å². The number of nitrogens with zero attached hydrogens (tertiary/aromatic N) is 3. The molecule has 0 aliphatic carbocycles. The minimum atomic E-state index is -0.296. The van der Waals surface area contributed by atoms with Crippen molar-refractivity contribution in [2.45, 2.75) is 25.4 Å². The number of carbonyl (C=O) groups excluding carboxylic acids is 1. The molecule has 0 bridgehead atoms. The normalized spacial score (nSPS) is 16.8. The summed E-state index contributed by atoms with van der Waals surface area (Å²) in [5, 5.41) is 5.96. The van der Waals surface area contributed by atoms with Crippen molar-refractivity contribution in [3.63, 3.8) is 0 Å². The van der Waals surface area contributed by atoms with E-state index < -0.39 is 0 Å². The number of aromatic nitrogens is 3. The highest BCUT2D eigenvalue weighted by Crippen LogP contribution is 2.17. The number of hydrogen-bond donors (Lipinski definition) is 2. The van der Waals surface area contributed by atoms with Crippen LogP contribution in [-0.2, 0) is 16.0 Å². The van der Waals surface area contributed by atoms with Crippen molar-refractivity contribution < 1.29 is 9.53 Å². The van der Waals surface area contributed by atoms with Crippen LogP contribution in [0.1, 0.15) is 18.5 Å². The van der Waals surface area contributed by atoms with Gasteiger partial charge in [-0.3, -0.25) is 9.78 Å². The number of anilines is 1. The van der Waals surface area contributed by atoms with E-state index in [-0.39, 0.29) is 12.0 Å². The lowest BCUT2D eigenvalue weighted by Crippen LogP contribution is -2.35. The Kier molecular flexibility index (Phi) is 5.32. The molecular weight excluding hydrogens is 306 g/mol. The number of carbonyl (C=O) groups is 1. The summed E-state index contributed by atoms with van der Waals surface area (Å²) in [6.07, 6.45) is 5.52. The van der Waals surface area contributed by atoms with Crippen LogP contribution in [0.3, 0.4) is 0 Å². The molecule has 1 unspecified atom stereocenters. The maximum Gasteiger partial charge on any atom is 0.249 e. The Hall–Kier alpha value is -2.54. The van der Waals surface area contributed by atoms with E-state index >= 15 is 0 Å². The third-order valence-corrected chi connectivity index (χ3v) is 3.88. The second-order valence-electron chi connectivity index (χ2n) is 5.60. The van der Waals surface area contributed by atoms with E-state index in [1.807, 2.05) is 25.2 Å². The molecule has 0 saturated carbocycles. The first-order chi connectivity index (χ1) is 11.8. The van der Waals surface area contributed by atoms with E-state index in [2.05, 4.69) is 25.6 Å². The van der Waals surface area contributed by atoms with Gasteiger partial charge in [0.15, 0.2) is 5.82 Å². The van der Waals surface area contributed by atoms with Gasteiger partial charge in [0.25, 0.3) is 0 Å². The first kappa shape index (κ1) is 16.3. The first-order valence-corrected chi connectivity index (χ1v) is 8.11. The molecule has 0 spiro atoms. The number of ether oxygens (including phenoxy) is 1. The molecule has 0 radical (unpaired) electrons. The first-order valence-electron chi connectivity index (χ1n) is 8.11. The SMILES string of the molecule is CNc1cc(CCNC(=O)C2CCCO2)nc(-c2ccncc2)n1. The monoisotopic (exact) mass is 327 g/mol. The summed E-state index contributed by atoms with van der Waals surface area (Å²) in [7, 11) is 1.82. The Balaban J connectivity index is 1.65. The lowest BCUT2D eigenvalue weighted by molar-refractivity contribution is -0.129. The fourth-order valence-corrected chi connectivity index (χ4v) is 2.60.